The van der Waals surface area contributed by atoms with Gasteiger partial charge in [0.15, 0.2) is 0 Å². The van der Waals surface area contributed by atoms with Crippen molar-refractivity contribution in [2.24, 2.45) is 0 Å². The molecule has 2 rings (SSSR count). The van der Waals surface area contributed by atoms with Crippen molar-refractivity contribution in [3.8, 4) is 0 Å². The number of aromatic nitrogens is 5. The molecule has 0 bridgehead atoms. The Hall–Kier alpha value is -1.96. The van der Waals surface area contributed by atoms with Gasteiger partial charge in [-0.25, -0.2) is 9.67 Å². The zero-order valence-corrected chi connectivity index (χ0v) is 12.4. The Morgan fingerprint density at radius 2 is 2.40 bits per heavy atom. The van der Waals surface area contributed by atoms with Crippen LogP contribution in [0.5, 0.6) is 0 Å². The first-order valence-corrected chi connectivity index (χ1v) is 6.96. The van der Waals surface area contributed by atoms with Crippen LogP contribution in [0.1, 0.15) is 12.2 Å². The summed E-state index contributed by atoms with van der Waals surface area (Å²) in [5.74, 6) is 0.852. The Morgan fingerprint density at radius 1 is 1.55 bits per heavy atom. The Kier molecular flexibility index (Phi) is 5.05. The van der Waals surface area contributed by atoms with E-state index in [0.29, 0.717) is 23.2 Å². The van der Waals surface area contributed by atoms with Gasteiger partial charge < -0.3 is 5.32 Å². The van der Waals surface area contributed by atoms with E-state index in [0.717, 1.165) is 18.7 Å². The number of H-pyrrole nitrogens is 1. The molecule has 2 heterocycles. The fraction of sp³-hybridized carbons (Fsp3) is 0.333. The number of nitrogens with one attached hydrogen (secondary N) is 2. The number of anilines is 1. The molecule has 0 saturated heterocycles. The number of nitrogens with zero attached hydrogens (tertiary/aromatic N) is 4. The third-order valence-corrected chi connectivity index (χ3v) is 3.42. The van der Waals surface area contributed by atoms with Gasteiger partial charge in [0.2, 0.25) is 0 Å². The lowest BCUT2D eigenvalue weighted by molar-refractivity contribution is 0.648. The second kappa shape index (κ2) is 6.99. The second-order valence-electron chi connectivity index (χ2n) is 4.11. The monoisotopic (exact) mass is 338 g/mol. The van der Waals surface area contributed by atoms with Crippen molar-refractivity contribution in [3.05, 3.63) is 45.8 Å². The van der Waals surface area contributed by atoms with Gasteiger partial charge in [-0.1, -0.05) is 6.08 Å². The smallest absolute Gasteiger partial charge is 0.283 e. The van der Waals surface area contributed by atoms with Crippen LogP contribution in [0.2, 0.25) is 0 Å². The van der Waals surface area contributed by atoms with Crippen molar-refractivity contribution in [2.45, 2.75) is 19.4 Å². The molecule has 0 aromatic carbocycles. The molecule has 0 unspecified atom stereocenters. The van der Waals surface area contributed by atoms with Gasteiger partial charge in [-0.3, -0.25) is 9.89 Å². The maximum Gasteiger partial charge on any atom is 0.283 e. The zero-order chi connectivity index (χ0) is 14.4. The molecule has 20 heavy (non-hydrogen) atoms. The molecule has 0 aliphatic rings. The van der Waals surface area contributed by atoms with Crippen molar-refractivity contribution in [2.75, 3.05) is 11.9 Å². The predicted octanol–water partition coefficient (Wildman–Crippen LogP) is 1.35. The number of allylic oxidation sites excluding steroid dienone is 1. The minimum Gasteiger partial charge on any atom is -0.383 e. The Morgan fingerprint density at radius 3 is 3.10 bits per heavy atom. The SMILES string of the molecule is C=CCn1ncc(NCCCc2ncn[nH]2)c(Br)c1=O. The van der Waals surface area contributed by atoms with Crippen LogP contribution in [0, 0.1) is 0 Å². The second-order valence-corrected chi connectivity index (χ2v) is 4.90. The van der Waals surface area contributed by atoms with Gasteiger partial charge in [0.25, 0.3) is 5.56 Å². The average Bonchev–Trinajstić information content (AvgIpc) is 2.95. The molecule has 0 aliphatic carbocycles. The van der Waals surface area contributed by atoms with Crippen LogP contribution in [-0.2, 0) is 13.0 Å². The molecule has 7 nitrogen and oxygen atoms in total. The molecule has 0 saturated carbocycles. The van der Waals surface area contributed by atoms with Crippen LogP contribution in [0.3, 0.4) is 0 Å². The summed E-state index contributed by atoms with van der Waals surface area (Å²) in [5, 5.41) is 13.8. The van der Waals surface area contributed by atoms with Gasteiger partial charge in [-0.15, -0.1) is 6.58 Å². The Bertz CT molecular complexity index is 621. The van der Waals surface area contributed by atoms with Crippen LogP contribution in [0.4, 0.5) is 5.69 Å². The van der Waals surface area contributed by atoms with Crippen LogP contribution in [0.15, 0.2) is 34.4 Å². The maximum atomic E-state index is 11.9. The molecule has 2 N–H and O–H groups in total. The van der Waals surface area contributed by atoms with E-state index in [4.69, 9.17) is 0 Å². The molecule has 0 aliphatic heterocycles. The summed E-state index contributed by atoms with van der Waals surface area (Å²) < 4.78 is 1.82. The summed E-state index contributed by atoms with van der Waals surface area (Å²) in [7, 11) is 0. The van der Waals surface area contributed by atoms with E-state index >= 15 is 0 Å². The summed E-state index contributed by atoms with van der Waals surface area (Å²) in [6.45, 7) is 4.70. The van der Waals surface area contributed by atoms with Gasteiger partial charge in [-0.05, 0) is 22.4 Å². The fourth-order valence-electron chi connectivity index (χ4n) is 1.67. The van der Waals surface area contributed by atoms with Crippen LogP contribution >= 0.6 is 15.9 Å². The summed E-state index contributed by atoms with van der Waals surface area (Å²) in [6, 6.07) is 0. The lowest BCUT2D eigenvalue weighted by Gasteiger charge is -2.09. The molecule has 2 aromatic heterocycles. The number of halogens is 1. The highest BCUT2D eigenvalue weighted by atomic mass is 79.9. The van der Waals surface area contributed by atoms with Crippen molar-refractivity contribution in [1.29, 1.82) is 0 Å². The van der Waals surface area contributed by atoms with E-state index in [1.165, 1.54) is 11.0 Å². The summed E-state index contributed by atoms with van der Waals surface area (Å²) in [4.78, 5) is 16.0. The molecule has 8 heteroatoms. The lowest BCUT2D eigenvalue weighted by Crippen LogP contribution is -2.24. The van der Waals surface area contributed by atoms with Gasteiger partial charge >= 0.3 is 0 Å². The highest BCUT2D eigenvalue weighted by Crippen LogP contribution is 2.16. The number of hydrogen-bond donors (Lipinski definition) is 2. The average molecular weight is 339 g/mol. The van der Waals surface area contributed by atoms with E-state index < -0.39 is 0 Å². The normalized spacial score (nSPS) is 10.4. The summed E-state index contributed by atoms with van der Waals surface area (Å²) in [5.41, 5.74) is 0.512. The largest absolute Gasteiger partial charge is 0.383 e. The summed E-state index contributed by atoms with van der Waals surface area (Å²) in [6.07, 6.45) is 6.42. The van der Waals surface area contributed by atoms with E-state index in [-0.39, 0.29) is 5.56 Å². The van der Waals surface area contributed by atoms with Gasteiger partial charge in [0.05, 0.1) is 18.4 Å². The van der Waals surface area contributed by atoms with Crippen molar-refractivity contribution >= 4 is 21.6 Å². The standard InChI is InChI=1S/C12H15BrN6O/c1-2-6-19-12(20)11(13)9(7-17-19)14-5-3-4-10-15-8-16-18-10/h2,7-8,14H,1,3-6H2,(H,15,16,18). The number of hydrogen-bond acceptors (Lipinski definition) is 5. The Balaban J connectivity index is 1.91. The van der Waals surface area contributed by atoms with E-state index in [1.807, 2.05) is 0 Å². The molecule has 0 atom stereocenters. The molecule has 0 fully saturated rings. The lowest BCUT2D eigenvalue weighted by atomic mass is 10.3. The first-order chi connectivity index (χ1) is 9.72. The number of aromatic amines is 1. The first-order valence-electron chi connectivity index (χ1n) is 6.17. The van der Waals surface area contributed by atoms with E-state index in [9.17, 15) is 4.79 Å². The molecular formula is C12H15BrN6O. The van der Waals surface area contributed by atoms with Crippen molar-refractivity contribution in [1.82, 2.24) is 25.0 Å². The van der Waals surface area contributed by atoms with Crippen molar-refractivity contribution < 1.29 is 0 Å². The first kappa shape index (κ1) is 14.4. The fourth-order valence-corrected chi connectivity index (χ4v) is 2.12. The molecule has 0 radical (unpaired) electrons. The highest BCUT2D eigenvalue weighted by molar-refractivity contribution is 9.10. The van der Waals surface area contributed by atoms with Crippen LogP contribution < -0.4 is 10.9 Å². The number of aryl methyl sites for hydroxylation is 1. The molecule has 0 spiro atoms. The molecule has 106 valence electrons. The minimum atomic E-state index is -0.176. The minimum absolute atomic E-state index is 0.176. The van der Waals surface area contributed by atoms with Crippen LogP contribution in [0.25, 0.3) is 0 Å². The quantitative estimate of drug-likeness (QED) is 0.587. The predicted molar refractivity (Wildman–Crippen MR) is 79.6 cm³/mol. The number of rotatable bonds is 7. The Labute approximate surface area is 124 Å². The molecule has 2 aromatic rings. The van der Waals surface area contributed by atoms with Crippen LogP contribution in [-0.4, -0.2) is 31.5 Å². The third-order valence-electron chi connectivity index (χ3n) is 2.66. The van der Waals surface area contributed by atoms with Crippen molar-refractivity contribution in [3.63, 3.8) is 0 Å². The highest BCUT2D eigenvalue weighted by Gasteiger charge is 2.07. The zero-order valence-electron chi connectivity index (χ0n) is 10.8. The molecular weight excluding hydrogens is 324 g/mol. The van der Waals surface area contributed by atoms with E-state index in [1.54, 1.807) is 12.3 Å². The van der Waals surface area contributed by atoms with E-state index in [2.05, 4.69) is 48.1 Å². The van der Waals surface area contributed by atoms with Gasteiger partial charge in [0, 0.05) is 13.0 Å². The third kappa shape index (κ3) is 3.53. The topological polar surface area (TPSA) is 88.5 Å². The van der Waals surface area contributed by atoms with Gasteiger partial charge in [0.1, 0.15) is 16.6 Å². The summed E-state index contributed by atoms with van der Waals surface area (Å²) >= 11 is 3.29. The molecule has 0 amide bonds. The van der Waals surface area contributed by atoms with Gasteiger partial charge in [-0.2, -0.15) is 10.2 Å². The maximum absolute atomic E-state index is 11.9.